The Morgan fingerprint density at radius 3 is 3.00 bits per heavy atom. The maximum atomic E-state index is 5.06. The summed E-state index contributed by atoms with van der Waals surface area (Å²) in [6.07, 6.45) is 2.92. The number of methoxy groups -OCH3 is 1. The van der Waals surface area contributed by atoms with E-state index in [2.05, 4.69) is 18.9 Å². The van der Waals surface area contributed by atoms with Crippen molar-refractivity contribution in [1.29, 1.82) is 0 Å². The Labute approximate surface area is 73.3 Å². The molecular formula is C9H16N2O. The third-order valence-electron chi connectivity index (χ3n) is 2.05. The molecule has 0 aromatic carbocycles. The third-order valence-corrected chi connectivity index (χ3v) is 2.05. The maximum Gasteiger partial charge on any atom is 0.0881 e. The van der Waals surface area contributed by atoms with Gasteiger partial charge in [-0.15, -0.1) is 0 Å². The minimum Gasteiger partial charge on any atom is -0.378 e. The average molecular weight is 168 g/mol. The fraction of sp³-hybridized carbons (Fsp3) is 0.667. The zero-order valence-electron chi connectivity index (χ0n) is 7.95. The van der Waals surface area contributed by atoms with Gasteiger partial charge in [-0.05, 0) is 19.4 Å². The molecule has 3 heteroatoms. The minimum atomic E-state index is 0.463. The van der Waals surface area contributed by atoms with Crippen LogP contribution in [0.3, 0.4) is 0 Å². The van der Waals surface area contributed by atoms with E-state index in [4.69, 9.17) is 4.74 Å². The monoisotopic (exact) mass is 168 g/mol. The van der Waals surface area contributed by atoms with Gasteiger partial charge in [-0.3, -0.25) is 4.68 Å². The van der Waals surface area contributed by atoms with Crippen LogP contribution in [0.25, 0.3) is 0 Å². The van der Waals surface area contributed by atoms with Gasteiger partial charge in [0.2, 0.25) is 0 Å². The SMILES string of the molecule is CC[C@H](C)n1nccc1COC. The van der Waals surface area contributed by atoms with Crippen molar-refractivity contribution >= 4 is 0 Å². The topological polar surface area (TPSA) is 27.1 Å². The molecule has 1 aromatic rings. The second-order valence-electron chi connectivity index (χ2n) is 2.96. The summed E-state index contributed by atoms with van der Waals surface area (Å²) >= 11 is 0. The molecule has 1 atom stereocenters. The highest BCUT2D eigenvalue weighted by atomic mass is 16.5. The van der Waals surface area contributed by atoms with Gasteiger partial charge in [-0.25, -0.2) is 0 Å². The molecule has 0 spiro atoms. The number of hydrogen-bond acceptors (Lipinski definition) is 2. The first-order chi connectivity index (χ1) is 5.79. The van der Waals surface area contributed by atoms with Gasteiger partial charge in [-0.2, -0.15) is 5.10 Å². The molecule has 68 valence electrons. The van der Waals surface area contributed by atoms with Crippen molar-refractivity contribution in [2.45, 2.75) is 32.9 Å². The molecule has 0 amide bonds. The largest absolute Gasteiger partial charge is 0.378 e. The number of hydrogen-bond donors (Lipinski definition) is 0. The molecule has 0 aliphatic heterocycles. The molecule has 0 bridgehead atoms. The van der Waals surface area contributed by atoms with Gasteiger partial charge < -0.3 is 4.74 Å². The summed E-state index contributed by atoms with van der Waals surface area (Å²) < 4.78 is 7.08. The lowest BCUT2D eigenvalue weighted by atomic mass is 10.2. The summed E-state index contributed by atoms with van der Waals surface area (Å²) in [5.41, 5.74) is 1.15. The normalized spacial score (nSPS) is 13.2. The van der Waals surface area contributed by atoms with Gasteiger partial charge >= 0.3 is 0 Å². The highest BCUT2D eigenvalue weighted by Crippen LogP contribution is 2.12. The Hall–Kier alpha value is -0.830. The Balaban J connectivity index is 2.76. The van der Waals surface area contributed by atoms with E-state index in [1.54, 1.807) is 7.11 Å². The van der Waals surface area contributed by atoms with Crippen LogP contribution in [-0.2, 0) is 11.3 Å². The fourth-order valence-electron chi connectivity index (χ4n) is 1.17. The highest BCUT2D eigenvalue weighted by Gasteiger charge is 2.06. The highest BCUT2D eigenvalue weighted by molar-refractivity contribution is 4.99. The van der Waals surface area contributed by atoms with Crippen molar-refractivity contribution in [3.8, 4) is 0 Å². The summed E-state index contributed by atoms with van der Waals surface area (Å²) in [5, 5.41) is 4.24. The Morgan fingerprint density at radius 2 is 2.42 bits per heavy atom. The molecule has 0 unspecified atom stereocenters. The van der Waals surface area contributed by atoms with Crippen molar-refractivity contribution in [2.24, 2.45) is 0 Å². The first-order valence-corrected chi connectivity index (χ1v) is 4.31. The molecule has 0 saturated heterocycles. The predicted octanol–water partition coefficient (Wildman–Crippen LogP) is 2.00. The fourth-order valence-corrected chi connectivity index (χ4v) is 1.17. The van der Waals surface area contributed by atoms with Crippen molar-refractivity contribution in [2.75, 3.05) is 7.11 Å². The van der Waals surface area contributed by atoms with Crippen molar-refractivity contribution in [3.63, 3.8) is 0 Å². The van der Waals surface area contributed by atoms with Crippen molar-refractivity contribution in [1.82, 2.24) is 9.78 Å². The maximum absolute atomic E-state index is 5.06. The minimum absolute atomic E-state index is 0.463. The zero-order valence-corrected chi connectivity index (χ0v) is 7.95. The summed E-state index contributed by atoms with van der Waals surface area (Å²) in [6, 6.07) is 2.46. The summed E-state index contributed by atoms with van der Waals surface area (Å²) in [5.74, 6) is 0. The number of aromatic nitrogens is 2. The van der Waals surface area contributed by atoms with E-state index in [1.807, 2.05) is 16.9 Å². The molecule has 12 heavy (non-hydrogen) atoms. The molecule has 0 saturated carbocycles. The van der Waals surface area contributed by atoms with Gasteiger partial charge in [0.15, 0.2) is 0 Å². The molecule has 3 nitrogen and oxygen atoms in total. The number of rotatable bonds is 4. The van der Waals surface area contributed by atoms with Crippen LogP contribution in [-0.4, -0.2) is 16.9 Å². The van der Waals surface area contributed by atoms with E-state index in [0.29, 0.717) is 12.6 Å². The van der Waals surface area contributed by atoms with Crippen LogP contribution in [0.1, 0.15) is 32.0 Å². The van der Waals surface area contributed by atoms with Gasteiger partial charge in [0.1, 0.15) is 0 Å². The lowest BCUT2D eigenvalue weighted by Gasteiger charge is -2.12. The lowest BCUT2D eigenvalue weighted by Crippen LogP contribution is -2.10. The first-order valence-electron chi connectivity index (χ1n) is 4.31. The quantitative estimate of drug-likeness (QED) is 0.687. The Bertz CT molecular complexity index is 232. The molecule has 0 aliphatic rings. The van der Waals surface area contributed by atoms with Crippen LogP contribution < -0.4 is 0 Å². The Morgan fingerprint density at radius 1 is 1.67 bits per heavy atom. The molecule has 0 fully saturated rings. The van der Waals surface area contributed by atoms with E-state index in [9.17, 15) is 0 Å². The van der Waals surface area contributed by atoms with Crippen LogP contribution in [0.4, 0.5) is 0 Å². The number of nitrogens with zero attached hydrogens (tertiary/aromatic N) is 2. The molecule has 0 aliphatic carbocycles. The van der Waals surface area contributed by atoms with Gasteiger partial charge in [-0.1, -0.05) is 6.92 Å². The van der Waals surface area contributed by atoms with E-state index in [1.165, 1.54) is 0 Å². The lowest BCUT2D eigenvalue weighted by molar-refractivity contribution is 0.174. The molecule has 0 N–H and O–H groups in total. The summed E-state index contributed by atoms with van der Waals surface area (Å²) in [7, 11) is 1.70. The molecule has 1 heterocycles. The second-order valence-corrected chi connectivity index (χ2v) is 2.96. The van der Waals surface area contributed by atoms with Crippen LogP contribution >= 0.6 is 0 Å². The predicted molar refractivity (Wildman–Crippen MR) is 47.9 cm³/mol. The van der Waals surface area contributed by atoms with Crippen LogP contribution in [0.15, 0.2) is 12.3 Å². The smallest absolute Gasteiger partial charge is 0.0881 e. The van der Waals surface area contributed by atoms with Crippen LogP contribution in [0.5, 0.6) is 0 Å². The van der Waals surface area contributed by atoms with Crippen molar-refractivity contribution < 1.29 is 4.74 Å². The van der Waals surface area contributed by atoms with E-state index >= 15 is 0 Å². The molecule has 0 radical (unpaired) electrons. The van der Waals surface area contributed by atoms with Crippen LogP contribution in [0.2, 0.25) is 0 Å². The van der Waals surface area contributed by atoms with E-state index < -0.39 is 0 Å². The first kappa shape index (κ1) is 9.26. The summed E-state index contributed by atoms with van der Waals surface area (Å²) in [4.78, 5) is 0. The zero-order chi connectivity index (χ0) is 8.97. The molecule has 1 rings (SSSR count). The van der Waals surface area contributed by atoms with Gasteiger partial charge in [0.05, 0.1) is 12.3 Å². The summed E-state index contributed by atoms with van der Waals surface area (Å²) in [6.45, 7) is 4.96. The van der Waals surface area contributed by atoms with E-state index in [0.717, 1.165) is 12.1 Å². The van der Waals surface area contributed by atoms with E-state index in [-0.39, 0.29) is 0 Å². The third kappa shape index (κ3) is 1.85. The van der Waals surface area contributed by atoms with Crippen molar-refractivity contribution in [3.05, 3.63) is 18.0 Å². The van der Waals surface area contributed by atoms with Gasteiger partial charge in [0.25, 0.3) is 0 Å². The average Bonchev–Trinajstić information content (AvgIpc) is 2.52. The second kappa shape index (κ2) is 4.26. The number of ether oxygens (including phenoxy) is 1. The standard InChI is InChI=1S/C9H16N2O/c1-4-8(2)11-9(7-12-3)5-6-10-11/h5-6,8H,4,7H2,1-3H3/t8-/m0/s1. The van der Waals surface area contributed by atoms with Gasteiger partial charge in [0, 0.05) is 19.3 Å². The Kier molecular flexibility index (Phi) is 3.29. The van der Waals surface area contributed by atoms with Crippen LogP contribution in [0, 0.1) is 0 Å². The molecular weight excluding hydrogens is 152 g/mol. The molecule has 1 aromatic heterocycles.